The second-order valence-electron chi connectivity index (χ2n) is 2.48. The normalized spacial score (nSPS) is 9.08. The molecule has 1 aromatic carbocycles. The van der Waals surface area contributed by atoms with Crippen molar-refractivity contribution in [3.63, 3.8) is 0 Å². The van der Waals surface area contributed by atoms with Crippen LogP contribution in [0.5, 0.6) is 0 Å². The standard InChI is InChI=1S/C8H11N3S/c1-6-2-4-7(5-3-6)10-11-8(9)12/h2-5,10H,1H3,(H3,9,11,12). The van der Waals surface area contributed by atoms with Crippen LogP contribution in [0.3, 0.4) is 0 Å². The van der Waals surface area contributed by atoms with Crippen molar-refractivity contribution < 1.29 is 0 Å². The summed E-state index contributed by atoms with van der Waals surface area (Å²) in [4.78, 5) is 0. The lowest BCUT2D eigenvalue weighted by atomic mass is 10.2. The third-order valence-corrected chi connectivity index (χ3v) is 1.48. The van der Waals surface area contributed by atoms with Crippen molar-refractivity contribution in [1.29, 1.82) is 0 Å². The minimum Gasteiger partial charge on any atom is -0.375 e. The summed E-state index contributed by atoms with van der Waals surface area (Å²) in [5.74, 6) is 0. The van der Waals surface area contributed by atoms with Crippen LogP contribution in [0.15, 0.2) is 24.3 Å². The lowest BCUT2D eigenvalue weighted by molar-refractivity contribution is 1.13. The van der Waals surface area contributed by atoms with Gasteiger partial charge in [0.25, 0.3) is 0 Å². The van der Waals surface area contributed by atoms with Crippen molar-refractivity contribution in [1.82, 2.24) is 5.43 Å². The summed E-state index contributed by atoms with van der Waals surface area (Å²) in [6.45, 7) is 2.03. The van der Waals surface area contributed by atoms with Crippen LogP contribution < -0.4 is 16.6 Å². The van der Waals surface area contributed by atoms with E-state index in [-0.39, 0.29) is 5.11 Å². The number of nitrogens with one attached hydrogen (secondary N) is 2. The van der Waals surface area contributed by atoms with E-state index in [1.54, 1.807) is 0 Å². The van der Waals surface area contributed by atoms with Crippen molar-refractivity contribution in [3.05, 3.63) is 29.8 Å². The first-order valence-corrected chi connectivity index (χ1v) is 3.97. The molecule has 12 heavy (non-hydrogen) atoms. The number of anilines is 1. The maximum Gasteiger partial charge on any atom is 0.182 e. The molecule has 3 nitrogen and oxygen atoms in total. The number of benzene rings is 1. The Balaban J connectivity index is 2.53. The van der Waals surface area contributed by atoms with Gasteiger partial charge in [0.1, 0.15) is 0 Å². The number of hydrogen-bond donors (Lipinski definition) is 3. The molecule has 0 saturated carbocycles. The zero-order valence-electron chi connectivity index (χ0n) is 6.79. The average molecular weight is 181 g/mol. The fourth-order valence-electron chi connectivity index (χ4n) is 0.771. The third kappa shape index (κ3) is 2.75. The van der Waals surface area contributed by atoms with Gasteiger partial charge < -0.3 is 5.73 Å². The third-order valence-electron chi connectivity index (χ3n) is 1.38. The molecular formula is C8H11N3S. The fourth-order valence-corrected chi connectivity index (χ4v) is 0.822. The predicted octanol–water partition coefficient (Wildman–Crippen LogP) is 1.16. The van der Waals surface area contributed by atoms with Crippen LogP contribution in [0.2, 0.25) is 0 Å². The van der Waals surface area contributed by atoms with Gasteiger partial charge in [-0.25, -0.2) is 0 Å². The lowest BCUT2D eigenvalue weighted by Crippen LogP contribution is -2.33. The highest BCUT2D eigenvalue weighted by Crippen LogP contribution is 2.06. The van der Waals surface area contributed by atoms with E-state index in [9.17, 15) is 0 Å². The van der Waals surface area contributed by atoms with Crippen LogP contribution in [-0.2, 0) is 0 Å². The van der Waals surface area contributed by atoms with Gasteiger partial charge in [0.05, 0.1) is 5.69 Å². The Morgan fingerprint density at radius 3 is 2.42 bits per heavy atom. The second-order valence-corrected chi connectivity index (χ2v) is 2.92. The molecular weight excluding hydrogens is 170 g/mol. The largest absolute Gasteiger partial charge is 0.375 e. The van der Waals surface area contributed by atoms with E-state index in [4.69, 9.17) is 5.73 Å². The van der Waals surface area contributed by atoms with Gasteiger partial charge in [-0.2, -0.15) is 0 Å². The van der Waals surface area contributed by atoms with Crippen LogP contribution in [-0.4, -0.2) is 5.11 Å². The molecule has 1 rings (SSSR count). The minimum absolute atomic E-state index is 0.232. The molecule has 64 valence electrons. The van der Waals surface area contributed by atoms with Gasteiger partial charge in [-0.1, -0.05) is 17.7 Å². The van der Waals surface area contributed by atoms with E-state index >= 15 is 0 Å². The maximum absolute atomic E-state index is 5.23. The zero-order chi connectivity index (χ0) is 8.97. The number of aryl methyl sites for hydroxylation is 1. The Bertz CT molecular complexity index is 268. The first kappa shape index (κ1) is 8.80. The van der Waals surface area contributed by atoms with Crippen LogP contribution in [0.4, 0.5) is 5.69 Å². The highest BCUT2D eigenvalue weighted by molar-refractivity contribution is 7.80. The summed E-state index contributed by atoms with van der Waals surface area (Å²) in [5.41, 5.74) is 12.9. The number of thiocarbonyl (C=S) groups is 1. The molecule has 0 bridgehead atoms. The number of nitrogens with two attached hydrogens (primary N) is 1. The monoisotopic (exact) mass is 181 g/mol. The Morgan fingerprint density at radius 1 is 1.33 bits per heavy atom. The van der Waals surface area contributed by atoms with Crippen LogP contribution in [0, 0.1) is 6.92 Å². The molecule has 0 saturated heterocycles. The van der Waals surface area contributed by atoms with Gasteiger partial charge in [0.15, 0.2) is 5.11 Å². The van der Waals surface area contributed by atoms with E-state index < -0.39 is 0 Å². The van der Waals surface area contributed by atoms with E-state index in [2.05, 4.69) is 23.1 Å². The fraction of sp³-hybridized carbons (Fsp3) is 0.125. The number of hydrazine groups is 1. The molecule has 0 aromatic heterocycles. The molecule has 0 aliphatic carbocycles. The van der Waals surface area contributed by atoms with Gasteiger partial charge >= 0.3 is 0 Å². The van der Waals surface area contributed by atoms with E-state index in [0.29, 0.717) is 0 Å². The van der Waals surface area contributed by atoms with E-state index in [1.165, 1.54) is 5.56 Å². The molecule has 0 aliphatic rings. The zero-order valence-corrected chi connectivity index (χ0v) is 7.61. The van der Waals surface area contributed by atoms with Crippen molar-refractivity contribution in [2.75, 3.05) is 5.43 Å². The van der Waals surface area contributed by atoms with Crippen LogP contribution in [0.1, 0.15) is 5.56 Å². The Kier molecular flexibility index (Phi) is 2.88. The molecule has 0 aliphatic heterocycles. The van der Waals surface area contributed by atoms with Crippen molar-refractivity contribution in [2.45, 2.75) is 6.92 Å². The molecule has 0 spiro atoms. The number of rotatable bonds is 2. The Morgan fingerprint density at radius 2 is 1.92 bits per heavy atom. The minimum atomic E-state index is 0.232. The first-order valence-electron chi connectivity index (χ1n) is 3.56. The Hall–Kier alpha value is -1.29. The van der Waals surface area contributed by atoms with Gasteiger partial charge in [0.2, 0.25) is 0 Å². The summed E-state index contributed by atoms with van der Waals surface area (Å²) in [5, 5.41) is 0.232. The van der Waals surface area contributed by atoms with E-state index in [0.717, 1.165) is 5.69 Å². The summed E-state index contributed by atoms with van der Waals surface area (Å²) in [7, 11) is 0. The summed E-state index contributed by atoms with van der Waals surface area (Å²) in [6.07, 6.45) is 0. The van der Waals surface area contributed by atoms with Crippen molar-refractivity contribution in [3.8, 4) is 0 Å². The predicted molar refractivity (Wildman–Crippen MR) is 54.7 cm³/mol. The van der Waals surface area contributed by atoms with Crippen molar-refractivity contribution >= 4 is 23.0 Å². The van der Waals surface area contributed by atoms with Gasteiger partial charge in [-0.05, 0) is 31.3 Å². The first-order chi connectivity index (χ1) is 5.68. The van der Waals surface area contributed by atoms with Gasteiger partial charge in [-0.3, -0.25) is 10.9 Å². The second kappa shape index (κ2) is 3.92. The summed E-state index contributed by atoms with van der Waals surface area (Å²) in [6, 6.07) is 7.90. The molecule has 0 unspecified atom stereocenters. The molecule has 0 radical (unpaired) electrons. The summed E-state index contributed by atoms with van der Waals surface area (Å²) < 4.78 is 0. The highest BCUT2D eigenvalue weighted by atomic mass is 32.1. The molecule has 0 amide bonds. The van der Waals surface area contributed by atoms with Gasteiger partial charge in [0, 0.05) is 0 Å². The molecule has 4 N–H and O–H groups in total. The molecule has 1 aromatic rings. The molecule has 4 heteroatoms. The smallest absolute Gasteiger partial charge is 0.182 e. The van der Waals surface area contributed by atoms with Crippen molar-refractivity contribution in [2.24, 2.45) is 5.73 Å². The quantitative estimate of drug-likeness (QED) is 0.473. The number of hydrogen-bond acceptors (Lipinski definition) is 2. The topological polar surface area (TPSA) is 50.1 Å². The maximum atomic E-state index is 5.23. The molecule has 0 fully saturated rings. The summed E-state index contributed by atoms with van der Waals surface area (Å²) >= 11 is 4.62. The lowest BCUT2D eigenvalue weighted by Gasteiger charge is -2.06. The Labute approximate surface area is 76.9 Å². The molecule has 0 atom stereocenters. The SMILES string of the molecule is Cc1ccc(NNC(N)=S)cc1. The van der Waals surface area contributed by atoms with Gasteiger partial charge in [-0.15, -0.1) is 0 Å². The highest BCUT2D eigenvalue weighted by Gasteiger charge is 1.89. The van der Waals surface area contributed by atoms with Crippen LogP contribution >= 0.6 is 12.2 Å². The van der Waals surface area contributed by atoms with Crippen LogP contribution in [0.25, 0.3) is 0 Å². The van der Waals surface area contributed by atoms with E-state index in [1.807, 2.05) is 31.2 Å². The molecule has 0 heterocycles. The average Bonchev–Trinajstić information content (AvgIpc) is 2.03.